The third kappa shape index (κ3) is 2.78. The zero-order chi connectivity index (χ0) is 13.7. The molecule has 0 fully saturated rings. The fraction of sp³-hybridized carbons (Fsp3) is 0.364. The van der Waals surface area contributed by atoms with E-state index in [1.165, 1.54) is 0 Å². The predicted octanol–water partition coefficient (Wildman–Crippen LogP) is 1.53. The van der Waals surface area contributed by atoms with Crippen LogP contribution in [-0.2, 0) is 11.3 Å². The fourth-order valence-electron chi connectivity index (χ4n) is 1.43. The Labute approximate surface area is 102 Å². The third-order valence-corrected chi connectivity index (χ3v) is 2.18. The smallest absolute Gasteiger partial charge is 0.338 e. The molecule has 0 radical (unpaired) electrons. The Balaban J connectivity index is 3.43. The third-order valence-electron chi connectivity index (χ3n) is 2.18. The van der Waals surface area contributed by atoms with Crippen LogP contribution in [0.3, 0.4) is 0 Å². The Bertz CT molecular complexity index is 498. The highest BCUT2D eigenvalue weighted by Crippen LogP contribution is 2.24. The molecule has 7 heteroatoms. The number of nitriles is 1. The summed E-state index contributed by atoms with van der Waals surface area (Å²) in [6.45, 7) is 1.39. The van der Waals surface area contributed by atoms with Crippen molar-refractivity contribution in [3.63, 3.8) is 0 Å². The maximum atomic E-state index is 12.8. The number of hydrogen-bond donors (Lipinski definition) is 1. The van der Waals surface area contributed by atoms with Crippen molar-refractivity contribution < 1.29 is 18.3 Å². The number of carbonyl (C=O) groups is 1. The van der Waals surface area contributed by atoms with Gasteiger partial charge in [-0.25, -0.2) is 18.6 Å². The number of hydrogen-bond acceptors (Lipinski definition) is 5. The van der Waals surface area contributed by atoms with Crippen LogP contribution in [0.25, 0.3) is 0 Å². The molecule has 1 aromatic rings. The van der Waals surface area contributed by atoms with Crippen molar-refractivity contribution in [1.82, 2.24) is 4.98 Å². The molecule has 1 heterocycles. The molecule has 0 spiro atoms. The minimum Gasteiger partial charge on any atom is -0.462 e. The molecule has 1 aromatic heterocycles. The summed E-state index contributed by atoms with van der Waals surface area (Å²) in [5, 5.41) is 8.70. The topological polar surface area (TPSA) is 89.0 Å². The molecule has 18 heavy (non-hydrogen) atoms. The molecular formula is C11H11F2N3O2. The second kappa shape index (κ2) is 6.02. The Hall–Kier alpha value is -2.07. The van der Waals surface area contributed by atoms with Crippen LogP contribution in [0.15, 0.2) is 6.07 Å². The lowest BCUT2D eigenvalue weighted by molar-refractivity contribution is 0.0524. The number of rotatable bonds is 4. The Kier molecular flexibility index (Phi) is 4.68. The minimum absolute atomic E-state index is 0.0943. The van der Waals surface area contributed by atoms with Gasteiger partial charge < -0.3 is 10.5 Å². The lowest BCUT2D eigenvalue weighted by Gasteiger charge is -2.11. The largest absolute Gasteiger partial charge is 0.462 e. The average molecular weight is 255 g/mol. The average Bonchev–Trinajstić information content (AvgIpc) is 2.37. The summed E-state index contributed by atoms with van der Waals surface area (Å²) in [4.78, 5) is 15.1. The summed E-state index contributed by atoms with van der Waals surface area (Å²) in [6, 6.07) is 2.72. The Morgan fingerprint density at radius 3 is 2.78 bits per heavy atom. The molecule has 0 saturated carbocycles. The normalized spacial score (nSPS) is 10.2. The number of nitrogens with two attached hydrogens (primary N) is 1. The first-order valence-electron chi connectivity index (χ1n) is 5.14. The maximum Gasteiger partial charge on any atom is 0.338 e. The van der Waals surface area contributed by atoms with Crippen LogP contribution in [0.4, 0.5) is 8.78 Å². The van der Waals surface area contributed by atoms with Gasteiger partial charge in [-0.2, -0.15) is 5.26 Å². The molecule has 0 amide bonds. The molecule has 0 saturated heterocycles. The van der Waals surface area contributed by atoms with Gasteiger partial charge in [0.25, 0.3) is 6.43 Å². The van der Waals surface area contributed by atoms with Gasteiger partial charge in [0.05, 0.1) is 12.2 Å². The number of alkyl halides is 2. The van der Waals surface area contributed by atoms with Crippen LogP contribution in [0.5, 0.6) is 0 Å². The van der Waals surface area contributed by atoms with Gasteiger partial charge in [-0.05, 0) is 13.0 Å². The lowest BCUT2D eigenvalue weighted by atomic mass is 10.0. The van der Waals surface area contributed by atoms with Crippen LogP contribution >= 0.6 is 0 Å². The van der Waals surface area contributed by atoms with Crippen LogP contribution in [0.2, 0.25) is 0 Å². The number of ether oxygens (including phenoxy) is 1. The Morgan fingerprint density at radius 2 is 2.33 bits per heavy atom. The molecule has 0 atom stereocenters. The quantitative estimate of drug-likeness (QED) is 0.824. The highest BCUT2D eigenvalue weighted by Gasteiger charge is 2.23. The molecule has 2 N–H and O–H groups in total. The van der Waals surface area contributed by atoms with E-state index in [9.17, 15) is 13.6 Å². The SMILES string of the molecule is CCOC(=O)c1cc(C#N)nc(C(F)F)c1CN. The molecule has 0 aromatic carbocycles. The van der Waals surface area contributed by atoms with E-state index in [2.05, 4.69) is 4.98 Å². The zero-order valence-corrected chi connectivity index (χ0v) is 9.61. The van der Waals surface area contributed by atoms with Gasteiger partial charge in [0.2, 0.25) is 0 Å². The van der Waals surface area contributed by atoms with Crippen molar-refractivity contribution in [2.75, 3.05) is 6.61 Å². The van der Waals surface area contributed by atoms with Crippen LogP contribution in [-0.4, -0.2) is 17.6 Å². The summed E-state index contributed by atoms with van der Waals surface area (Å²) in [5.74, 6) is -0.793. The van der Waals surface area contributed by atoms with Gasteiger partial charge in [-0.3, -0.25) is 0 Å². The molecular weight excluding hydrogens is 244 g/mol. The first-order chi connectivity index (χ1) is 8.54. The number of aromatic nitrogens is 1. The second-order valence-electron chi connectivity index (χ2n) is 3.26. The number of esters is 1. The van der Waals surface area contributed by atoms with E-state index in [1.54, 1.807) is 13.0 Å². The number of pyridine rings is 1. The van der Waals surface area contributed by atoms with E-state index in [0.29, 0.717) is 0 Å². The molecule has 1 rings (SSSR count). The minimum atomic E-state index is -2.91. The number of carbonyl (C=O) groups excluding carboxylic acids is 1. The molecule has 0 unspecified atom stereocenters. The van der Waals surface area contributed by atoms with E-state index in [1.807, 2.05) is 0 Å². The molecule has 0 aliphatic carbocycles. The van der Waals surface area contributed by atoms with E-state index in [-0.39, 0.29) is 30.0 Å². The van der Waals surface area contributed by atoms with Gasteiger partial charge in [0, 0.05) is 12.1 Å². The van der Waals surface area contributed by atoms with Crippen LogP contribution in [0.1, 0.15) is 40.7 Å². The molecule has 0 aliphatic heterocycles. The molecule has 0 bridgehead atoms. The van der Waals surface area contributed by atoms with Gasteiger partial charge in [-0.15, -0.1) is 0 Å². The van der Waals surface area contributed by atoms with E-state index < -0.39 is 18.1 Å². The summed E-state index contributed by atoms with van der Waals surface area (Å²) in [6.07, 6.45) is -2.91. The van der Waals surface area contributed by atoms with E-state index >= 15 is 0 Å². The van der Waals surface area contributed by atoms with Crippen LogP contribution in [0, 0.1) is 11.3 Å². The van der Waals surface area contributed by atoms with Crippen molar-refractivity contribution in [3.05, 3.63) is 28.6 Å². The first-order valence-corrected chi connectivity index (χ1v) is 5.14. The van der Waals surface area contributed by atoms with Crippen LogP contribution < -0.4 is 5.73 Å². The monoisotopic (exact) mass is 255 g/mol. The zero-order valence-electron chi connectivity index (χ0n) is 9.61. The summed E-state index contributed by atoms with van der Waals surface area (Å²) < 4.78 is 30.3. The van der Waals surface area contributed by atoms with E-state index in [0.717, 1.165) is 6.07 Å². The van der Waals surface area contributed by atoms with Crippen molar-refractivity contribution in [2.24, 2.45) is 5.73 Å². The second-order valence-corrected chi connectivity index (χ2v) is 3.26. The number of nitrogens with zero attached hydrogens (tertiary/aromatic N) is 2. The summed E-state index contributed by atoms with van der Waals surface area (Å²) in [7, 11) is 0. The highest BCUT2D eigenvalue weighted by atomic mass is 19.3. The highest BCUT2D eigenvalue weighted by molar-refractivity contribution is 5.91. The summed E-state index contributed by atoms with van der Waals surface area (Å²) >= 11 is 0. The Morgan fingerprint density at radius 1 is 1.67 bits per heavy atom. The lowest BCUT2D eigenvalue weighted by Crippen LogP contribution is -2.15. The van der Waals surface area contributed by atoms with Crippen molar-refractivity contribution in [2.45, 2.75) is 19.9 Å². The van der Waals surface area contributed by atoms with Gasteiger partial charge in [0.1, 0.15) is 17.5 Å². The van der Waals surface area contributed by atoms with E-state index in [4.69, 9.17) is 15.7 Å². The van der Waals surface area contributed by atoms with Gasteiger partial charge >= 0.3 is 5.97 Å². The summed E-state index contributed by atoms with van der Waals surface area (Å²) in [5.41, 5.74) is 4.19. The van der Waals surface area contributed by atoms with Crippen molar-refractivity contribution in [3.8, 4) is 6.07 Å². The fourth-order valence-corrected chi connectivity index (χ4v) is 1.43. The maximum absolute atomic E-state index is 12.8. The number of halogens is 2. The van der Waals surface area contributed by atoms with Crippen molar-refractivity contribution in [1.29, 1.82) is 5.26 Å². The van der Waals surface area contributed by atoms with Gasteiger partial charge in [0.15, 0.2) is 0 Å². The standard InChI is InChI=1S/C11H11F2N3O2/c1-2-18-11(17)7-3-6(4-14)16-9(10(12)13)8(7)5-15/h3,10H,2,5,15H2,1H3. The molecule has 0 aliphatic rings. The molecule has 5 nitrogen and oxygen atoms in total. The molecule has 96 valence electrons. The first kappa shape index (κ1) is 14.0. The van der Waals surface area contributed by atoms with Gasteiger partial charge in [-0.1, -0.05) is 0 Å². The predicted molar refractivity (Wildman–Crippen MR) is 57.8 cm³/mol. The van der Waals surface area contributed by atoms with Crippen molar-refractivity contribution >= 4 is 5.97 Å².